The summed E-state index contributed by atoms with van der Waals surface area (Å²) in [4.78, 5) is 0. The van der Waals surface area contributed by atoms with E-state index in [1.165, 1.54) is 0 Å². The van der Waals surface area contributed by atoms with Crippen molar-refractivity contribution < 1.29 is 8.42 Å². The zero-order valence-electron chi connectivity index (χ0n) is 9.90. The maximum Gasteiger partial charge on any atom is 0.150 e. The van der Waals surface area contributed by atoms with Crippen LogP contribution < -0.4 is 5.73 Å². The van der Waals surface area contributed by atoms with Crippen LogP contribution in [0.3, 0.4) is 0 Å². The maximum absolute atomic E-state index is 11.5. The van der Waals surface area contributed by atoms with Crippen molar-refractivity contribution >= 4 is 21.4 Å². The van der Waals surface area contributed by atoms with Gasteiger partial charge in [0.15, 0.2) is 0 Å². The van der Waals surface area contributed by atoms with Gasteiger partial charge in [0.25, 0.3) is 0 Å². The van der Waals surface area contributed by atoms with E-state index in [4.69, 9.17) is 17.3 Å². The molecule has 0 fully saturated rings. The zero-order chi connectivity index (χ0) is 12.9. The lowest BCUT2D eigenvalue weighted by Crippen LogP contribution is -2.18. The molecule has 0 aliphatic carbocycles. The number of rotatable bonds is 6. The van der Waals surface area contributed by atoms with E-state index in [2.05, 4.69) is 0 Å². The summed E-state index contributed by atoms with van der Waals surface area (Å²) in [6, 6.07) is 7.44. The van der Waals surface area contributed by atoms with E-state index in [0.29, 0.717) is 18.0 Å². The molecule has 0 saturated carbocycles. The van der Waals surface area contributed by atoms with E-state index in [1.54, 1.807) is 13.0 Å². The molecule has 0 spiro atoms. The number of sulfone groups is 1. The van der Waals surface area contributed by atoms with Crippen LogP contribution in [0, 0.1) is 0 Å². The molecule has 17 heavy (non-hydrogen) atoms. The predicted octanol–water partition coefficient (Wildman–Crippen LogP) is 2.21. The highest BCUT2D eigenvalue weighted by molar-refractivity contribution is 7.91. The first-order valence-electron chi connectivity index (χ1n) is 5.65. The van der Waals surface area contributed by atoms with Crippen LogP contribution in [0.5, 0.6) is 0 Å². The van der Waals surface area contributed by atoms with Crippen molar-refractivity contribution in [2.24, 2.45) is 5.73 Å². The van der Waals surface area contributed by atoms with Crippen molar-refractivity contribution in [2.75, 3.05) is 18.1 Å². The van der Waals surface area contributed by atoms with Crippen molar-refractivity contribution in [3.63, 3.8) is 0 Å². The molecule has 0 saturated heterocycles. The molecule has 96 valence electrons. The van der Waals surface area contributed by atoms with Gasteiger partial charge in [-0.3, -0.25) is 0 Å². The molecule has 3 nitrogen and oxygen atoms in total. The van der Waals surface area contributed by atoms with E-state index >= 15 is 0 Å². The Morgan fingerprint density at radius 3 is 2.53 bits per heavy atom. The Kier molecular flexibility index (Phi) is 5.43. The van der Waals surface area contributed by atoms with Crippen LogP contribution in [-0.2, 0) is 9.84 Å². The highest BCUT2D eigenvalue weighted by atomic mass is 35.5. The summed E-state index contributed by atoms with van der Waals surface area (Å²) >= 11 is 6.08. The van der Waals surface area contributed by atoms with Gasteiger partial charge in [-0.2, -0.15) is 0 Å². The van der Waals surface area contributed by atoms with Crippen LogP contribution in [0.15, 0.2) is 24.3 Å². The molecular weight excluding hydrogens is 258 g/mol. The minimum Gasteiger partial charge on any atom is -0.330 e. The van der Waals surface area contributed by atoms with Crippen LogP contribution in [0.25, 0.3) is 0 Å². The molecule has 1 unspecified atom stereocenters. The highest BCUT2D eigenvalue weighted by Gasteiger charge is 2.16. The van der Waals surface area contributed by atoms with Gasteiger partial charge >= 0.3 is 0 Å². The number of hydrogen-bond acceptors (Lipinski definition) is 3. The van der Waals surface area contributed by atoms with E-state index in [9.17, 15) is 8.42 Å². The van der Waals surface area contributed by atoms with Gasteiger partial charge in [0.05, 0.1) is 5.75 Å². The standard InChI is InChI=1S/C12H18ClNO2S/c1-2-17(15,16)8-7-10(9-14)11-5-3-4-6-12(11)13/h3-6,10H,2,7-9,14H2,1H3. The summed E-state index contributed by atoms with van der Waals surface area (Å²) in [5.41, 5.74) is 6.62. The van der Waals surface area contributed by atoms with Gasteiger partial charge in [0.2, 0.25) is 0 Å². The lowest BCUT2D eigenvalue weighted by Gasteiger charge is -2.16. The molecule has 0 bridgehead atoms. The Bertz CT molecular complexity index is 459. The average molecular weight is 276 g/mol. The lowest BCUT2D eigenvalue weighted by molar-refractivity contribution is 0.586. The van der Waals surface area contributed by atoms with Crippen LogP contribution in [-0.4, -0.2) is 26.5 Å². The Morgan fingerprint density at radius 1 is 1.35 bits per heavy atom. The van der Waals surface area contributed by atoms with Crippen molar-refractivity contribution in [3.05, 3.63) is 34.9 Å². The monoisotopic (exact) mass is 275 g/mol. The summed E-state index contributed by atoms with van der Waals surface area (Å²) in [6.07, 6.45) is 0.524. The summed E-state index contributed by atoms with van der Waals surface area (Å²) in [5, 5.41) is 0.650. The van der Waals surface area contributed by atoms with Crippen LogP contribution in [0.2, 0.25) is 5.02 Å². The van der Waals surface area contributed by atoms with Crippen LogP contribution in [0.4, 0.5) is 0 Å². The summed E-state index contributed by atoms with van der Waals surface area (Å²) in [7, 11) is -2.94. The third-order valence-corrected chi connectivity index (χ3v) is 4.93. The summed E-state index contributed by atoms with van der Waals surface area (Å²) in [5.74, 6) is 0.341. The number of hydrogen-bond donors (Lipinski definition) is 1. The smallest absolute Gasteiger partial charge is 0.150 e. The largest absolute Gasteiger partial charge is 0.330 e. The fraction of sp³-hybridized carbons (Fsp3) is 0.500. The summed E-state index contributed by atoms with van der Waals surface area (Å²) in [6.45, 7) is 2.06. The Morgan fingerprint density at radius 2 is 2.00 bits per heavy atom. The van der Waals surface area contributed by atoms with Gasteiger partial charge in [0.1, 0.15) is 9.84 Å². The SMILES string of the molecule is CCS(=O)(=O)CCC(CN)c1ccccc1Cl. The molecule has 0 aromatic heterocycles. The second kappa shape index (κ2) is 6.38. The molecule has 1 aromatic rings. The van der Waals surface area contributed by atoms with Gasteiger partial charge in [-0.15, -0.1) is 0 Å². The second-order valence-electron chi connectivity index (χ2n) is 3.98. The first kappa shape index (κ1) is 14.5. The van der Waals surface area contributed by atoms with E-state index < -0.39 is 9.84 Å². The molecule has 1 aromatic carbocycles. The molecular formula is C12H18ClNO2S. The second-order valence-corrected chi connectivity index (χ2v) is 6.86. The minimum atomic E-state index is -2.94. The first-order chi connectivity index (χ1) is 8.00. The molecule has 0 aliphatic heterocycles. The number of nitrogens with two attached hydrogens (primary N) is 1. The third kappa shape index (κ3) is 4.30. The quantitative estimate of drug-likeness (QED) is 0.866. The highest BCUT2D eigenvalue weighted by Crippen LogP contribution is 2.26. The summed E-state index contributed by atoms with van der Waals surface area (Å²) < 4.78 is 22.9. The van der Waals surface area contributed by atoms with Crippen molar-refractivity contribution in [1.29, 1.82) is 0 Å². The Balaban J connectivity index is 2.77. The Hall–Kier alpha value is -0.580. The molecule has 0 radical (unpaired) electrons. The molecule has 0 heterocycles. The fourth-order valence-corrected chi connectivity index (χ4v) is 2.90. The lowest BCUT2D eigenvalue weighted by atomic mass is 9.97. The van der Waals surface area contributed by atoms with Crippen LogP contribution >= 0.6 is 11.6 Å². The van der Waals surface area contributed by atoms with Gasteiger partial charge in [-0.1, -0.05) is 36.7 Å². The number of halogens is 1. The third-order valence-electron chi connectivity index (χ3n) is 2.85. The molecule has 1 atom stereocenters. The van der Waals surface area contributed by atoms with Gasteiger partial charge < -0.3 is 5.73 Å². The molecule has 2 N–H and O–H groups in total. The average Bonchev–Trinajstić information content (AvgIpc) is 2.32. The van der Waals surface area contributed by atoms with Gasteiger partial charge in [0, 0.05) is 10.8 Å². The predicted molar refractivity (Wildman–Crippen MR) is 72.2 cm³/mol. The van der Waals surface area contributed by atoms with Gasteiger partial charge in [-0.25, -0.2) is 8.42 Å². The molecule has 0 amide bonds. The zero-order valence-corrected chi connectivity index (χ0v) is 11.5. The van der Waals surface area contributed by atoms with Crippen molar-refractivity contribution in [1.82, 2.24) is 0 Å². The van der Waals surface area contributed by atoms with Crippen LogP contribution in [0.1, 0.15) is 24.8 Å². The normalized spacial score (nSPS) is 13.6. The molecule has 1 rings (SSSR count). The molecule has 5 heteroatoms. The Labute approximate surface area is 108 Å². The fourth-order valence-electron chi connectivity index (χ4n) is 1.67. The van der Waals surface area contributed by atoms with Gasteiger partial charge in [-0.05, 0) is 30.5 Å². The van der Waals surface area contributed by atoms with Crippen molar-refractivity contribution in [2.45, 2.75) is 19.3 Å². The van der Waals surface area contributed by atoms with E-state index in [1.807, 2.05) is 18.2 Å². The topological polar surface area (TPSA) is 60.2 Å². The van der Waals surface area contributed by atoms with Crippen molar-refractivity contribution in [3.8, 4) is 0 Å². The number of benzene rings is 1. The molecule has 0 aliphatic rings. The maximum atomic E-state index is 11.5. The minimum absolute atomic E-state index is 0.00465. The van der Waals surface area contributed by atoms with E-state index in [0.717, 1.165) is 5.56 Å². The van der Waals surface area contributed by atoms with E-state index in [-0.39, 0.29) is 17.4 Å². The first-order valence-corrected chi connectivity index (χ1v) is 7.85.